The number of carbonyl (C=O) groups is 4. The second-order valence-electron chi connectivity index (χ2n) is 11.1. The number of hydrogen-bond acceptors (Lipinski definition) is 7. The van der Waals surface area contributed by atoms with Crippen LogP contribution in [0.2, 0.25) is 0 Å². The molecule has 3 N–H and O–H groups in total. The SMILES string of the molecule is CC(C)(C)[C@H](NC(=O)C1CC1)C(=O)N1CC2(C[C@H]1C(=O)N[C@H](C#N)C[C@@H]1CCNC1=O)SCCS2. The Morgan fingerprint density at radius 3 is 2.40 bits per heavy atom. The summed E-state index contributed by atoms with van der Waals surface area (Å²) in [5.41, 5.74) is -0.528. The van der Waals surface area contributed by atoms with E-state index in [2.05, 4.69) is 22.0 Å². The molecule has 4 amide bonds. The third kappa shape index (κ3) is 5.91. The minimum Gasteiger partial charge on any atom is -0.356 e. The molecule has 1 saturated carbocycles. The third-order valence-corrected chi connectivity index (χ3v) is 10.6. The van der Waals surface area contributed by atoms with Crippen molar-refractivity contribution in [3.63, 3.8) is 0 Å². The summed E-state index contributed by atoms with van der Waals surface area (Å²) in [4.78, 5) is 53.5. The van der Waals surface area contributed by atoms with Crippen LogP contribution >= 0.6 is 23.5 Å². The molecular formula is C24H35N5O4S2. The lowest BCUT2D eigenvalue weighted by molar-refractivity contribution is -0.144. The van der Waals surface area contributed by atoms with E-state index >= 15 is 0 Å². The molecule has 35 heavy (non-hydrogen) atoms. The molecule has 192 valence electrons. The highest BCUT2D eigenvalue weighted by Crippen LogP contribution is 2.52. The Bertz CT molecular complexity index is 920. The fourth-order valence-electron chi connectivity index (χ4n) is 5.00. The maximum Gasteiger partial charge on any atom is 0.246 e. The predicted octanol–water partition coefficient (Wildman–Crippen LogP) is 1.24. The molecule has 0 bridgehead atoms. The standard InChI is InChI=1S/C24H35N5O4S2/c1-23(2,3)18(28-20(31)14-4-5-14)22(33)29-13-24(34-8-9-35-24)11-17(29)21(32)27-16(12-25)10-15-6-7-26-19(15)30/h14-18H,4-11,13H2,1-3H3,(H,26,30)(H,27,32)(H,28,31)/t15-,16-,17-,18+/m0/s1. The number of thioether (sulfide) groups is 2. The zero-order valence-corrected chi connectivity index (χ0v) is 22.2. The minimum absolute atomic E-state index is 0.0261. The normalized spacial score (nSPS) is 27.3. The largest absolute Gasteiger partial charge is 0.356 e. The number of nitrogens with one attached hydrogen (secondary N) is 3. The van der Waals surface area contributed by atoms with Gasteiger partial charge in [0.1, 0.15) is 18.1 Å². The molecule has 0 aromatic heterocycles. The summed E-state index contributed by atoms with van der Waals surface area (Å²) < 4.78 is -0.256. The first-order chi connectivity index (χ1) is 16.5. The van der Waals surface area contributed by atoms with E-state index in [0.29, 0.717) is 25.9 Å². The van der Waals surface area contributed by atoms with Crippen molar-refractivity contribution in [2.45, 2.75) is 75.1 Å². The third-order valence-electron chi connectivity index (χ3n) is 7.19. The van der Waals surface area contributed by atoms with Gasteiger partial charge in [0.15, 0.2) is 0 Å². The Kier molecular flexibility index (Phi) is 7.62. The van der Waals surface area contributed by atoms with Crippen molar-refractivity contribution in [3.8, 4) is 6.07 Å². The molecule has 4 aliphatic rings. The van der Waals surface area contributed by atoms with Gasteiger partial charge in [0.05, 0.1) is 10.1 Å². The summed E-state index contributed by atoms with van der Waals surface area (Å²) in [6, 6.07) is -0.155. The minimum atomic E-state index is -0.804. The van der Waals surface area contributed by atoms with E-state index in [9.17, 15) is 24.4 Å². The van der Waals surface area contributed by atoms with E-state index in [1.54, 1.807) is 28.4 Å². The van der Waals surface area contributed by atoms with Crippen molar-refractivity contribution in [2.24, 2.45) is 17.3 Å². The monoisotopic (exact) mass is 521 g/mol. The Balaban J connectivity index is 1.52. The number of nitrogens with zero attached hydrogens (tertiary/aromatic N) is 2. The first-order valence-electron chi connectivity index (χ1n) is 12.4. The summed E-state index contributed by atoms with van der Waals surface area (Å²) in [7, 11) is 0. The first kappa shape index (κ1) is 26.1. The predicted molar refractivity (Wildman–Crippen MR) is 135 cm³/mol. The Hall–Kier alpha value is -1.93. The Labute approximate surface area is 215 Å². The van der Waals surface area contributed by atoms with Crippen molar-refractivity contribution in [1.29, 1.82) is 5.26 Å². The highest BCUT2D eigenvalue weighted by Gasteiger charge is 2.53. The molecule has 1 spiro atoms. The molecule has 3 heterocycles. The van der Waals surface area contributed by atoms with Gasteiger partial charge >= 0.3 is 0 Å². The van der Waals surface area contributed by atoms with Crippen LogP contribution in [0.1, 0.15) is 52.9 Å². The topological polar surface area (TPSA) is 131 Å². The fraction of sp³-hybridized carbons (Fsp3) is 0.792. The molecule has 0 unspecified atom stereocenters. The van der Waals surface area contributed by atoms with Crippen LogP contribution in [0.5, 0.6) is 0 Å². The number of carbonyl (C=O) groups excluding carboxylic acids is 4. The first-order valence-corrected chi connectivity index (χ1v) is 14.4. The molecule has 11 heteroatoms. The second kappa shape index (κ2) is 10.2. The molecule has 0 aromatic rings. The Morgan fingerprint density at radius 1 is 1.17 bits per heavy atom. The van der Waals surface area contributed by atoms with Crippen LogP contribution in [0, 0.1) is 28.6 Å². The number of hydrogen-bond donors (Lipinski definition) is 3. The van der Waals surface area contributed by atoms with Gasteiger partial charge in [-0.1, -0.05) is 20.8 Å². The highest BCUT2D eigenvalue weighted by atomic mass is 32.2. The van der Waals surface area contributed by atoms with E-state index in [1.807, 2.05) is 20.8 Å². The van der Waals surface area contributed by atoms with Gasteiger partial charge < -0.3 is 20.9 Å². The average Bonchev–Trinajstić information content (AvgIpc) is 3.26. The number of amides is 4. The van der Waals surface area contributed by atoms with Crippen LogP contribution in [0.25, 0.3) is 0 Å². The van der Waals surface area contributed by atoms with E-state index < -0.39 is 23.5 Å². The molecule has 4 rings (SSSR count). The molecule has 4 atom stereocenters. The van der Waals surface area contributed by atoms with Gasteiger partial charge in [0.25, 0.3) is 0 Å². The van der Waals surface area contributed by atoms with Gasteiger partial charge in [0.2, 0.25) is 23.6 Å². The number of likely N-dealkylation sites (tertiary alicyclic amines) is 1. The molecule has 3 aliphatic heterocycles. The van der Waals surface area contributed by atoms with Crippen LogP contribution < -0.4 is 16.0 Å². The van der Waals surface area contributed by atoms with E-state index in [-0.39, 0.29) is 46.0 Å². The van der Waals surface area contributed by atoms with Crippen LogP contribution in [0.15, 0.2) is 0 Å². The highest BCUT2D eigenvalue weighted by molar-refractivity contribution is 8.21. The molecule has 0 aromatic carbocycles. The van der Waals surface area contributed by atoms with Gasteiger partial charge in [0, 0.05) is 42.9 Å². The van der Waals surface area contributed by atoms with E-state index in [4.69, 9.17) is 0 Å². The molecule has 0 radical (unpaired) electrons. The maximum atomic E-state index is 13.9. The molecule has 3 saturated heterocycles. The lowest BCUT2D eigenvalue weighted by atomic mass is 9.85. The van der Waals surface area contributed by atoms with Crippen molar-refractivity contribution in [3.05, 3.63) is 0 Å². The summed E-state index contributed by atoms with van der Waals surface area (Å²) >= 11 is 3.56. The van der Waals surface area contributed by atoms with Gasteiger partial charge in [-0.3, -0.25) is 19.2 Å². The lowest BCUT2D eigenvalue weighted by Gasteiger charge is -2.35. The molecule has 4 fully saturated rings. The van der Waals surface area contributed by atoms with Crippen molar-refractivity contribution in [1.82, 2.24) is 20.9 Å². The molecular weight excluding hydrogens is 486 g/mol. The van der Waals surface area contributed by atoms with Crippen LogP contribution in [-0.2, 0) is 19.2 Å². The quantitative estimate of drug-likeness (QED) is 0.459. The summed E-state index contributed by atoms with van der Waals surface area (Å²) in [5, 5.41) is 18.2. The van der Waals surface area contributed by atoms with Gasteiger partial charge in [-0.2, -0.15) is 5.26 Å². The van der Waals surface area contributed by atoms with Crippen LogP contribution in [0.3, 0.4) is 0 Å². The second-order valence-corrected chi connectivity index (χ2v) is 14.3. The molecule has 9 nitrogen and oxygen atoms in total. The van der Waals surface area contributed by atoms with Crippen molar-refractivity contribution < 1.29 is 19.2 Å². The van der Waals surface area contributed by atoms with Gasteiger partial charge in [-0.25, -0.2) is 0 Å². The Morgan fingerprint density at radius 2 is 1.86 bits per heavy atom. The van der Waals surface area contributed by atoms with Gasteiger partial charge in [-0.15, -0.1) is 23.5 Å². The van der Waals surface area contributed by atoms with Crippen molar-refractivity contribution >= 4 is 47.2 Å². The smallest absolute Gasteiger partial charge is 0.246 e. The van der Waals surface area contributed by atoms with Gasteiger partial charge in [-0.05, 0) is 31.1 Å². The van der Waals surface area contributed by atoms with Crippen LogP contribution in [-0.4, -0.2) is 75.3 Å². The van der Waals surface area contributed by atoms with E-state index in [0.717, 1.165) is 24.3 Å². The zero-order chi connectivity index (χ0) is 25.4. The van der Waals surface area contributed by atoms with Crippen molar-refractivity contribution in [2.75, 3.05) is 24.6 Å². The maximum absolute atomic E-state index is 13.9. The number of rotatable bonds is 7. The fourth-order valence-corrected chi connectivity index (χ4v) is 8.25. The molecule has 1 aliphatic carbocycles. The number of nitriles is 1. The summed E-state index contributed by atoms with van der Waals surface area (Å²) in [6.07, 6.45) is 3.08. The lowest BCUT2D eigenvalue weighted by Crippen LogP contribution is -2.58. The van der Waals surface area contributed by atoms with Crippen LogP contribution in [0.4, 0.5) is 0 Å². The summed E-state index contributed by atoms with van der Waals surface area (Å²) in [5.74, 6) is 0.791. The zero-order valence-electron chi connectivity index (χ0n) is 20.6. The average molecular weight is 522 g/mol. The summed E-state index contributed by atoms with van der Waals surface area (Å²) in [6.45, 7) is 6.76. The van der Waals surface area contributed by atoms with E-state index in [1.165, 1.54) is 0 Å².